The molecule has 1 saturated heterocycles. The Morgan fingerprint density at radius 2 is 1.77 bits per heavy atom. The minimum absolute atomic E-state index is 0.0533. The molecule has 2 aromatic rings. The third-order valence-corrected chi connectivity index (χ3v) is 6.44. The number of nitrogens with one attached hydrogen (secondary N) is 1. The summed E-state index contributed by atoms with van der Waals surface area (Å²) in [6.07, 6.45) is 0. The van der Waals surface area contributed by atoms with Crippen LogP contribution in [0.5, 0.6) is 0 Å². The summed E-state index contributed by atoms with van der Waals surface area (Å²) in [4.78, 5) is 52.9. The predicted molar refractivity (Wildman–Crippen MR) is 132 cm³/mol. The van der Waals surface area contributed by atoms with Crippen LogP contribution in [-0.2, 0) is 4.79 Å². The molecule has 1 heterocycles. The lowest BCUT2D eigenvalue weighted by molar-refractivity contribution is -0.384. The smallest absolute Gasteiger partial charge is 0.270 e. The molecule has 1 aliphatic rings. The largest absolute Gasteiger partial charge is 0.340 e. The number of non-ortho nitro benzene ring substituents is 1. The van der Waals surface area contributed by atoms with Gasteiger partial charge in [-0.05, 0) is 38.0 Å². The molecule has 0 bridgehead atoms. The zero-order valence-corrected chi connectivity index (χ0v) is 20.9. The van der Waals surface area contributed by atoms with Gasteiger partial charge < -0.3 is 15.1 Å². The molecule has 1 fully saturated rings. The quantitative estimate of drug-likeness (QED) is 0.480. The number of hydrogen-bond acceptors (Lipinski definition) is 5. The summed E-state index contributed by atoms with van der Waals surface area (Å²) >= 11 is 6.09. The third kappa shape index (κ3) is 5.97. The van der Waals surface area contributed by atoms with E-state index in [1.165, 1.54) is 12.1 Å². The van der Waals surface area contributed by atoms with E-state index in [4.69, 9.17) is 11.6 Å². The highest BCUT2D eigenvalue weighted by Gasteiger charge is 2.35. The van der Waals surface area contributed by atoms with Crippen LogP contribution in [0.2, 0.25) is 5.02 Å². The van der Waals surface area contributed by atoms with Crippen molar-refractivity contribution in [2.45, 2.75) is 39.8 Å². The highest BCUT2D eigenvalue weighted by Crippen LogP contribution is 2.23. The second-order valence-corrected chi connectivity index (χ2v) is 9.52. The van der Waals surface area contributed by atoms with Gasteiger partial charge in [0.2, 0.25) is 5.91 Å². The van der Waals surface area contributed by atoms with E-state index in [0.29, 0.717) is 25.2 Å². The highest BCUT2D eigenvalue weighted by molar-refractivity contribution is 6.34. The van der Waals surface area contributed by atoms with Gasteiger partial charge in [0, 0.05) is 43.4 Å². The van der Waals surface area contributed by atoms with E-state index in [0.717, 1.165) is 11.6 Å². The van der Waals surface area contributed by atoms with Crippen molar-refractivity contribution in [3.63, 3.8) is 0 Å². The van der Waals surface area contributed by atoms with Crippen LogP contribution in [0.1, 0.15) is 47.1 Å². The molecule has 10 heteroatoms. The Balaban J connectivity index is 1.68. The van der Waals surface area contributed by atoms with Crippen molar-refractivity contribution in [1.82, 2.24) is 15.1 Å². The molecular weight excluding hydrogens is 472 g/mol. The fraction of sp³-hybridized carbons (Fsp3) is 0.400. The van der Waals surface area contributed by atoms with E-state index in [2.05, 4.69) is 5.32 Å². The molecule has 35 heavy (non-hydrogen) atoms. The number of rotatable bonds is 6. The van der Waals surface area contributed by atoms with Crippen LogP contribution in [-0.4, -0.2) is 64.2 Å². The van der Waals surface area contributed by atoms with Gasteiger partial charge in [-0.1, -0.05) is 43.1 Å². The fourth-order valence-corrected chi connectivity index (χ4v) is 4.31. The molecule has 186 valence electrons. The molecule has 0 aromatic heterocycles. The highest BCUT2D eigenvalue weighted by atomic mass is 35.5. The topological polar surface area (TPSA) is 113 Å². The second kappa shape index (κ2) is 10.9. The summed E-state index contributed by atoms with van der Waals surface area (Å²) in [5.41, 5.74) is 1.50. The van der Waals surface area contributed by atoms with Crippen LogP contribution in [0, 0.1) is 23.0 Å². The summed E-state index contributed by atoms with van der Waals surface area (Å²) in [5, 5.41) is 13.6. The average molecular weight is 501 g/mol. The first kappa shape index (κ1) is 26.2. The van der Waals surface area contributed by atoms with Gasteiger partial charge in [-0.2, -0.15) is 0 Å². The molecule has 3 rings (SSSR count). The normalized spacial score (nSPS) is 16.7. The van der Waals surface area contributed by atoms with Crippen LogP contribution in [0.25, 0.3) is 0 Å². The number of piperazine rings is 1. The number of amides is 3. The fourth-order valence-electron chi connectivity index (χ4n) is 4.05. The molecule has 1 N–H and O–H groups in total. The third-order valence-electron chi connectivity index (χ3n) is 6.13. The maximum absolute atomic E-state index is 13.3. The van der Waals surface area contributed by atoms with Crippen molar-refractivity contribution < 1.29 is 19.3 Å². The minimum atomic E-state index is -0.819. The van der Waals surface area contributed by atoms with Crippen LogP contribution in [0.3, 0.4) is 0 Å². The molecule has 2 atom stereocenters. The van der Waals surface area contributed by atoms with Gasteiger partial charge in [-0.25, -0.2) is 0 Å². The zero-order chi connectivity index (χ0) is 25.9. The molecular formula is C25H29ClN4O5. The maximum Gasteiger partial charge on any atom is 0.270 e. The van der Waals surface area contributed by atoms with Gasteiger partial charge in [0.15, 0.2) is 0 Å². The van der Waals surface area contributed by atoms with Gasteiger partial charge in [0.05, 0.1) is 15.5 Å². The van der Waals surface area contributed by atoms with Crippen molar-refractivity contribution in [3.05, 3.63) is 74.3 Å². The van der Waals surface area contributed by atoms with Crippen molar-refractivity contribution in [1.29, 1.82) is 0 Å². The number of nitrogens with zero attached hydrogens (tertiary/aromatic N) is 3. The number of aryl methyl sites for hydroxylation is 1. The lowest BCUT2D eigenvalue weighted by Gasteiger charge is -2.41. The number of nitro groups is 1. The maximum atomic E-state index is 13.3. The standard InChI is InChI=1S/C25H29ClN4O5/c1-15(2)22(27-23(31)20-10-9-19(30(34)35)13-21(20)26)25(33)28-11-12-29(17(4)14-28)24(32)18-7-5-16(3)6-8-18/h5-10,13,15,17,22H,11-12,14H2,1-4H3,(H,27,31). The molecule has 0 aliphatic carbocycles. The number of nitro benzene ring substituents is 1. The van der Waals surface area contributed by atoms with Crippen molar-refractivity contribution in [3.8, 4) is 0 Å². The van der Waals surface area contributed by atoms with E-state index < -0.39 is 16.9 Å². The summed E-state index contributed by atoms with van der Waals surface area (Å²) in [6, 6.07) is 9.94. The number of carbonyl (C=O) groups excluding carboxylic acids is 3. The molecule has 0 spiro atoms. The van der Waals surface area contributed by atoms with E-state index in [1.54, 1.807) is 21.9 Å². The van der Waals surface area contributed by atoms with Crippen molar-refractivity contribution >= 4 is 35.0 Å². The lowest BCUT2D eigenvalue weighted by Crippen LogP contribution is -2.59. The van der Waals surface area contributed by atoms with E-state index in [9.17, 15) is 24.5 Å². The van der Waals surface area contributed by atoms with Crippen molar-refractivity contribution in [2.75, 3.05) is 19.6 Å². The molecule has 0 saturated carbocycles. The number of hydrogen-bond donors (Lipinski definition) is 1. The van der Waals surface area contributed by atoms with Crippen molar-refractivity contribution in [2.24, 2.45) is 5.92 Å². The SMILES string of the molecule is Cc1ccc(C(=O)N2CCN(C(=O)C(NC(=O)c3ccc([N+](=O)[O-])cc3Cl)C(C)C)CC2C)cc1. The molecule has 2 aromatic carbocycles. The Bertz CT molecular complexity index is 1140. The second-order valence-electron chi connectivity index (χ2n) is 9.11. The first-order valence-corrected chi connectivity index (χ1v) is 11.8. The molecule has 1 aliphatic heterocycles. The van der Waals surface area contributed by atoms with E-state index in [-0.39, 0.29) is 40.0 Å². The summed E-state index contributed by atoms with van der Waals surface area (Å²) in [5.74, 6) is -1.13. The Kier molecular flexibility index (Phi) is 8.11. The Hall–Kier alpha value is -3.46. The Morgan fingerprint density at radius 3 is 2.31 bits per heavy atom. The summed E-state index contributed by atoms with van der Waals surface area (Å²) < 4.78 is 0. The monoisotopic (exact) mass is 500 g/mol. The molecule has 0 radical (unpaired) electrons. The van der Waals surface area contributed by atoms with Crippen LogP contribution >= 0.6 is 11.6 Å². The zero-order valence-electron chi connectivity index (χ0n) is 20.2. The van der Waals surface area contributed by atoms with E-state index in [1.807, 2.05) is 39.8 Å². The molecule has 9 nitrogen and oxygen atoms in total. The average Bonchev–Trinajstić information content (AvgIpc) is 2.81. The predicted octanol–water partition coefficient (Wildman–Crippen LogP) is 3.68. The molecule has 2 unspecified atom stereocenters. The number of carbonyl (C=O) groups is 3. The van der Waals surface area contributed by atoms with Crippen LogP contribution < -0.4 is 5.32 Å². The van der Waals surface area contributed by atoms with Crippen LogP contribution in [0.15, 0.2) is 42.5 Å². The Labute approximate surface area is 209 Å². The van der Waals surface area contributed by atoms with Gasteiger partial charge in [-0.3, -0.25) is 24.5 Å². The first-order valence-electron chi connectivity index (χ1n) is 11.4. The van der Waals surface area contributed by atoms with Crippen LogP contribution in [0.4, 0.5) is 5.69 Å². The molecule has 3 amide bonds. The van der Waals surface area contributed by atoms with Gasteiger partial charge >= 0.3 is 0 Å². The minimum Gasteiger partial charge on any atom is -0.340 e. The van der Waals surface area contributed by atoms with E-state index >= 15 is 0 Å². The number of benzene rings is 2. The first-order chi connectivity index (χ1) is 16.5. The summed E-state index contributed by atoms with van der Waals surface area (Å²) in [6.45, 7) is 8.56. The van der Waals surface area contributed by atoms with Gasteiger partial charge in [-0.15, -0.1) is 0 Å². The Morgan fingerprint density at radius 1 is 1.11 bits per heavy atom. The lowest BCUT2D eigenvalue weighted by atomic mass is 10.0. The summed E-state index contributed by atoms with van der Waals surface area (Å²) in [7, 11) is 0. The number of halogens is 1. The van der Waals surface area contributed by atoms with Gasteiger partial charge in [0.25, 0.3) is 17.5 Å². The van der Waals surface area contributed by atoms with Gasteiger partial charge in [0.1, 0.15) is 6.04 Å².